The monoisotopic (exact) mass is 287 g/mol. The molecule has 0 aliphatic heterocycles. The second-order valence-corrected chi connectivity index (χ2v) is 4.36. The zero-order valence-electron chi connectivity index (χ0n) is 8.90. The molecule has 0 spiro atoms. The lowest BCUT2D eigenvalue weighted by molar-refractivity contribution is 0.0948. The maximum Gasteiger partial charge on any atom is 0.251 e. The van der Waals surface area contributed by atoms with E-state index in [2.05, 4.69) is 21.2 Å². The Bertz CT molecular complexity index is 361. The molecule has 0 radical (unpaired) electrons. The number of phenolic OH excluding ortho intramolecular Hbond substituents is 2. The fourth-order valence-electron chi connectivity index (χ4n) is 1.15. The second kappa shape index (κ2) is 5.75. The van der Waals surface area contributed by atoms with Gasteiger partial charge in [-0.2, -0.15) is 0 Å². The van der Waals surface area contributed by atoms with Crippen LogP contribution in [0.1, 0.15) is 17.3 Å². The number of carbonyl (C=O) groups is 1. The van der Waals surface area contributed by atoms with E-state index in [-0.39, 0.29) is 23.0 Å². The molecule has 1 amide bonds. The van der Waals surface area contributed by atoms with Crippen LogP contribution in [0.25, 0.3) is 0 Å². The summed E-state index contributed by atoms with van der Waals surface area (Å²) in [5, 5.41) is 22.0. The quantitative estimate of drug-likeness (QED) is 0.741. The molecule has 1 aromatic carbocycles. The Morgan fingerprint density at radius 3 is 2.44 bits per heavy atom. The smallest absolute Gasteiger partial charge is 0.251 e. The van der Waals surface area contributed by atoms with Crippen LogP contribution in [-0.4, -0.2) is 28.0 Å². The highest BCUT2D eigenvalue weighted by Crippen LogP contribution is 2.20. The predicted octanol–water partition coefficient (Wildman–Crippen LogP) is 1.86. The molecule has 0 heterocycles. The van der Waals surface area contributed by atoms with Crippen LogP contribution in [0, 0.1) is 5.92 Å². The molecular weight excluding hydrogens is 274 g/mol. The molecule has 88 valence electrons. The number of halogens is 1. The number of carbonyl (C=O) groups excluding carboxylic acids is 1. The first-order valence-corrected chi connectivity index (χ1v) is 6.02. The SMILES string of the molecule is CC(CBr)CNC(=O)c1cc(O)cc(O)c1. The van der Waals surface area contributed by atoms with E-state index in [1.807, 2.05) is 6.92 Å². The minimum absolute atomic E-state index is 0.126. The average Bonchev–Trinajstić information content (AvgIpc) is 2.23. The van der Waals surface area contributed by atoms with Gasteiger partial charge >= 0.3 is 0 Å². The van der Waals surface area contributed by atoms with Gasteiger partial charge in [-0.3, -0.25) is 4.79 Å². The molecule has 1 atom stereocenters. The van der Waals surface area contributed by atoms with Crippen LogP contribution in [0.5, 0.6) is 11.5 Å². The standard InChI is InChI=1S/C11H14BrNO3/c1-7(5-12)6-13-11(16)8-2-9(14)4-10(15)3-8/h2-4,7,14-15H,5-6H2,1H3,(H,13,16). The van der Waals surface area contributed by atoms with Crippen molar-refractivity contribution in [2.45, 2.75) is 6.92 Å². The van der Waals surface area contributed by atoms with Gasteiger partial charge in [-0.1, -0.05) is 22.9 Å². The molecule has 1 aromatic rings. The molecule has 1 unspecified atom stereocenters. The summed E-state index contributed by atoms with van der Waals surface area (Å²) in [7, 11) is 0. The van der Waals surface area contributed by atoms with Crippen molar-refractivity contribution < 1.29 is 15.0 Å². The summed E-state index contributed by atoms with van der Waals surface area (Å²) in [5.41, 5.74) is 0.249. The van der Waals surface area contributed by atoms with Crippen molar-refractivity contribution in [1.82, 2.24) is 5.32 Å². The number of aromatic hydroxyl groups is 2. The second-order valence-electron chi connectivity index (χ2n) is 3.71. The van der Waals surface area contributed by atoms with Gasteiger partial charge in [-0.15, -0.1) is 0 Å². The molecule has 0 aliphatic carbocycles. The Labute approximate surface area is 102 Å². The van der Waals surface area contributed by atoms with E-state index in [9.17, 15) is 15.0 Å². The highest BCUT2D eigenvalue weighted by Gasteiger charge is 2.09. The van der Waals surface area contributed by atoms with Crippen LogP contribution in [0.3, 0.4) is 0 Å². The van der Waals surface area contributed by atoms with E-state index in [1.54, 1.807) is 0 Å². The van der Waals surface area contributed by atoms with Crippen LogP contribution in [0.2, 0.25) is 0 Å². The van der Waals surface area contributed by atoms with Crippen molar-refractivity contribution in [2.24, 2.45) is 5.92 Å². The van der Waals surface area contributed by atoms with Gasteiger partial charge in [0.2, 0.25) is 0 Å². The third kappa shape index (κ3) is 3.73. The third-order valence-corrected chi connectivity index (χ3v) is 3.14. The fourth-order valence-corrected chi connectivity index (χ4v) is 1.38. The molecule has 1 rings (SSSR count). The molecule has 4 nitrogen and oxygen atoms in total. The molecule has 5 heteroatoms. The predicted molar refractivity (Wildman–Crippen MR) is 65.1 cm³/mol. The number of hydrogen-bond donors (Lipinski definition) is 3. The molecule has 16 heavy (non-hydrogen) atoms. The Hall–Kier alpha value is -1.23. The molecule has 0 saturated carbocycles. The number of nitrogens with one attached hydrogen (secondary N) is 1. The number of hydrogen-bond acceptors (Lipinski definition) is 3. The first-order valence-electron chi connectivity index (χ1n) is 4.90. The summed E-state index contributed by atoms with van der Waals surface area (Å²) in [5.74, 6) is -0.230. The maximum absolute atomic E-state index is 11.6. The molecular formula is C11H14BrNO3. The summed E-state index contributed by atoms with van der Waals surface area (Å²) in [6.45, 7) is 2.54. The molecule has 0 aromatic heterocycles. The first kappa shape index (κ1) is 12.8. The molecule has 0 bridgehead atoms. The van der Waals surface area contributed by atoms with E-state index in [0.717, 1.165) is 5.33 Å². The van der Waals surface area contributed by atoms with Gasteiger partial charge < -0.3 is 15.5 Å². The Morgan fingerprint density at radius 1 is 1.38 bits per heavy atom. The van der Waals surface area contributed by atoms with Crippen molar-refractivity contribution in [1.29, 1.82) is 0 Å². The number of alkyl halides is 1. The van der Waals surface area contributed by atoms with E-state index in [1.165, 1.54) is 18.2 Å². The minimum Gasteiger partial charge on any atom is -0.508 e. The maximum atomic E-state index is 11.6. The molecule has 3 N–H and O–H groups in total. The lowest BCUT2D eigenvalue weighted by Crippen LogP contribution is -2.28. The van der Waals surface area contributed by atoms with Crippen LogP contribution in [-0.2, 0) is 0 Å². The summed E-state index contributed by atoms with van der Waals surface area (Å²) >= 11 is 3.31. The van der Waals surface area contributed by atoms with Gasteiger partial charge in [0.05, 0.1) is 0 Å². The summed E-state index contributed by atoms with van der Waals surface area (Å²) in [6.07, 6.45) is 0. The lowest BCUT2D eigenvalue weighted by Gasteiger charge is -2.09. The molecule has 0 saturated heterocycles. The normalized spacial score (nSPS) is 12.1. The highest BCUT2D eigenvalue weighted by atomic mass is 79.9. The Kier molecular flexibility index (Phi) is 4.61. The van der Waals surface area contributed by atoms with Gasteiger partial charge in [-0.05, 0) is 18.1 Å². The topological polar surface area (TPSA) is 69.6 Å². The highest BCUT2D eigenvalue weighted by molar-refractivity contribution is 9.09. The van der Waals surface area contributed by atoms with Crippen LogP contribution in [0.4, 0.5) is 0 Å². The summed E-state index contributed by atoms with van der Waals surface area (Å²) in [6, 6.07) is 3.81. The van der Waals surface area contributed by atoms with Crippen molar-refractivity contribution >= 4 is 21.8 Å². The molecule has 0 aliphatic rings. The number of benzene rings is 1. The number of rotatable bonds is 4. The van der Waals surface area contributed by atoms with Crippen molar-refractivity contribution in [3.05, 3.63) is 23.8 Å². The Morgan fingerprint density at radius 2 is 1.94 bits per heavy atom. The third-order valence-electron chi connectivity index (χ3n) is 2.04. The number of amides is 1. The fraction of sp³-hybridized carbons (Fsp3) is 0.364. The van der Waals surface area contributed by atoms with Gasteiger partial charge in [-0.25, -0.2) is 0 Å². The lowest BCUT2D eigenvalue weighted by atomic mass is 10.1. The van der Waals surface area contributed by atoms with E-state index < -0.39 is 0 Å². The zero-order valence-corrected chi connectivity index (χ0v) is 10.5. The van der Waals surface area contributed by atoms with Crippen molar-refractivity contribution in [2.75, 3.05) is 11.9 Å². The average molecular weight is 288 g/mol. The van der Waals surface area contributed by atoms with E-state index in [0.29, 0.717) is 12.5 Å². The van der Waals surface area contributed by atoms with E-state index in [4.69, 9.17) is 0 Å². The van der Waals surface area contributed by atoms with Gasteiger partial charge in [0.25, 0.3) is 5.91 Å². The molecule has 0 fully saturated rings. The van der Waals surface area contributed by atoms with Crippen molar-refractivity contribution in [3.63, 3.8) is 0 Å². The summed E-state index contributed by atoms with van der Waals surface area (Å²) in [4.78, 5) is 11.6. The van der Waals surface area contributed by atoms with Gasteiger partial charge in [0.15, 0.2) is 0 Å². The Balaban J connectivity index is 2.66. The van der Waals surface area contributed by atoms with Crippen LogP contribution >= 0.6 is 15.9 Å². The zero-order chi connectivity index (χ0) is 12.1. The van der Waals surface area contributed by atoms with Crippen molar-refractivity contribution in [3.8, 4) is 11.5 Å². The van der Waals surface area contributed by atoms with Gasteiger partial charge in [0, 0.05) is 23.5 Å². The first-order chi connectivity index (χ1) is 7.52. The summed E-state index contributed by atoms with van der Waals surface area (Å²) < 4.78 is 0. The van der Waals surface area contributed by atoms with Crippen LogP contribution < -0.4 is 5.32 Å². The largest absolute Gasteiger partial charge is 0.508 e. The number of phenols is 2. The minimum atomic E-state index is -0.306. The van der Waals surface area contributed by atoms with E-state index >= 15 is 0 Å². The van der Waals surface area contributed by atoms with Gasteiger partial charge in [0.1, 0.15) is 11.5 Å². The van der Waals surface area contributed by atoms with Crippen LogP contribution in [0.15, 0.2) is 18.2 Å².